The predicted octanol–water partition coefficient (Wildman–Crippen LogP) is 3.24. The molecular formula is C17H18INO5. The number of amides is 1. The molecule has 2 aromatic rings. The molecule has 1 aromatic carbocycles. The van der Waals surface area contributed by atoms with Gasteiger partial charge in [-0.15, -0.1) is 0 Å². The average molecular weight is 443 g/mol. The normalized spacial score (nSPS) is 10.7. The number of rotatable bonds is 7. The van der Waals surface area contributed by atoms with Crippen molar-refractivity contribution >= 4 is 34.6 Å². The van der Waals surface area contributed by atoms with E-state index < -0.39 is 0 Å². The summed E-state index contributed by atoms with van der Waals surface area (Å²) < 4.78 is 22.0. The third kappa shape index (κ3) is 4.67. The first kappa shape index (κ1) is 18.2. The molecule has 6 nitrogen and oxygen atoms in total. The van der Waals surface area contributed by atoms with Crippen molar-refractivity contribution in [2.24, 2.45) is 0 Å². The molecule has 0 atom stereocenters. The summed E-state index contributed by atoms with van der Waals surface area (Å²) in [6.07, 6.45) is 3.03. The Hall–Kier alpha value is -2.16. The first-order valence-corrected chi connectivity index (χ1v) is 8.15. The van der Waals surface area contributed by atoms with Crippen LogP contribution in [0.2, 0.25) is 0 Å². The zero-order valence-corrected chi connectivity index (χ0v) is 15.7. The van der Waals surface area contributed by atoms with E-state index in [9.17, 15) is 4.79 Å². The van der Waals surface area contributed by atoms with Crippen LogP contribution in [-0.4, -0.2) is 27.2 Å². The Morgan fingerprint density at radius 1 is 1.17 bits per heavy atom. The second-order valence-corrected chi connectivity index (χ2v) is 5.77. The highest BCUT2D eigenvalue weighted by Crippen LogP contribution is 2.33. The maximum absolute atomic E-state index is 12.0. The number of nitrogens with one attached hydrogen (secondary N) is 1. The maximum Gasteiger partial charge on any atom is 0.244 e. The van der Waals surface area contributed by atoms with Gasteiger partial charge in [0.2, 0.25) is 5.91 Å². The van der Waals surface area contributed by atoms with Crippen molar-refractivity contribution in [3.05, 3.63) is 45.4 Å². The van der Waals surface area contributed by atoms with E-state index in [1.54, 1.807) is 45.6 Å². The second kappa shape index (κ2) is 8.62. The topological polar surface area (TPSA) is 69.9 Å². The molecule has 2 rings (SSSR count). The molecule has 0 aliphatic heterocycles. The van der Waals surface area contributed by atoms with Gasteiger partial charge < -0.3 is 23.9 Å². The Kier molecular flexibility index (Phi) is 6.53. The van der Waals surface area contributed by atoms with E-state index in [4.69, 9.17) is 18.6 Å². The standard InChI is InChI=1S/C17H18INO5/c1-21-12-8-14(22-2)13(15(9-12)23-3)10-19-17(20)7-5-11-4-6-16(18)24-11/h4-9H,10H2,1-3H3,(H,19,20)/b7-5+. The molecule has 128 valence electrons. The Morgan fingerprint density at radius 2 is 1.83 bits per heavy atom. The molecule has 0 bridgehead atoms. The van der Waals surface area contributed by atoms with Crippen molar-refractivity contribution in [2.45, 2.75) is 6.54 Å². The summed E-state index contributed by atoms with van der Waals surface area (Å²) >= 11 is 2.06. The van der Waals surface area contributed by atoms with Gasteiger partial charge in [-0.3, -0.25) is 4.79 Å². The lowest BCUT2D eigenvalue weighted by molar-refractivity contribution is -0.116. The van der Waals surface area contributed by atoms with Crippen LogP contribution in [0.3, 0.4) is 0 Å². The van der Waals surface area contributed by atoms with Crippen LogP contribution in [-0.2, 0) is 11.3 Å². The number of hydrogen-bond donors (Lipinski definition) is 1. The minimum absolute atomic E-state index is 0.249. The number of halogens is 1. The van der Waals surface area contributed by atoms with Crippen LogP contribution in [0.1, 0.15) is 11.3 Å². The van der Waals surface area contributed by atoms with Gasteiger partial charge in [-0.1, -0.05) is 0 Å². The third-order valence-corrected chi connectivity index (χ3v) is 3.83. The largest absolute Gasteiger partial charge is 0.496 e. The van der Waals surface area contributed by atoms with Crippen molar-refractivity contribution < 1.29 is 23.4 Å². The molecule has 0 aliphatic carbocycles. The SMILES string of the molecule is COc1cc(OC)c(CNC(=O)/C=C/c2ccc(I)o2)c(OC)c1. The highest BCUT2D eigenvalue weighted by molar-refractivity contribution is 14.1. The number of ether oxygens (including phenoxy) is 3. The molecule has 1 aromatic heterocycles. The third-order valence-electron chi connectivity index (χ3n) is 3.25. The number of furan rings is 1. The fourth-order valence-electron chi connectivity index (χ4n) is 2.06. The van der Waals surface area contributed by atoms with Crippen LogP contribution in [0, 0.1) is 3.77 Å². The molecule has 0 radical (unpaired) electrons. The van der Waals surface area contributed by atoms with Crippen molar-refractivity contribution in [1.29, 1.82) is 0 Å². The van der Waals surface area contributed by atoms with E-state index in [0.29, 0.717) is 23.0 Å². The summed E-state index contributed by atoms with van der Waals surface area (Å²) in [6.45, 7) is 0.259. The highest BCUT2D eigenvalue weighted by atomic mass is 127. The van der Waals surface area contributed by atoms with Crippen molar-refractivity contribution in [3.63, 3.8) is 0 Å². The zero-order valence-electron chi connectivity index (χ0n) is 13.6. The molecule has 0 unspecified atom stereocenters. The summed E-state index contributed by atoms with van der Waals surface area (Å²) in [5.74, 6) is 2.15. The fourth-order valence-corrected chi connectivity index (χ4v) is 2.50. The van der Waals surface area contributed by atoms with Gasteiger partial charge in [0.15, 0.2) is 3.77 Å². The van der Waals surface area contributed by atoms with E-state index in [2.05, 4.69) is 27.9 Å². The minimum Gasteiger partial charge on any atom is -0.496 e. The Bertz CT molecular complexity index is 713. The molecule has 0 aliphatic rings. The highest BCUT2D eigenvalue weighted by Gasteiger charge is 2.13. The first-order chi connectivity index (χ1) is 11.6. The summed E-state index contributed by atoms with van der Waals surface area (Å²) in [4.78, 5) is 12.0. The Morgan fingerprint density at radius 3 is 2.33 bits per heavy atom. The zero-order chi connectivity index (χ0) is 17.5. The molecule has 1 amide bonds. The number of hydrogen-bond acceptors (Lipinski definition) is 5. The summed E-state index contributed by atoms with van der Waals surface area (Å²) in [7, 11) is 4.67. The molecule has 24 heavy (non-hydrogen) atoms. The van der Waals surface area contributed by atoms with Crippen LogP contribution in [0.5, 0.6) is 17.2 Å². The van der Waals surface area contributed by atoms with Gasteiger partial charge >= 0.3 is 0 Å². The maximum atomic E-state index is 12.0. The average Bonchev–Trinajstić information content (AvgIpc) is 3.02. The minimum atomic E-state index is -0.249. The van der Waals surface area contributed by atoms with Crippen molar-refractivity contribution in [2.75, 3.05) is 21.3 Å². The first-order valence-electron chi connectivity index (χ1n) is 7.07. The van der Waals surface area contributed by atoms with Crippen LogP contribution in [0.4, 0.5) is 0 Å². The Balaban J connectivity index is 2.07. The summed E-state index contributed by atoms with van der Waals surface area (Å²) in [6, 6.07) is 7.10. The number of methoxy groups -OCH3 is 3. The molecule has 0 spiro atoms. The van der Waals surface area contributed by atoms with Gasteiger partial charge in [-0.2, -0.15) is 0 Å². The summed E-state index contributed by atoms with van der Waals surface area (Å²) in [5.41, 5.74) is 0.732. The molecule has 0 fully saturated rings. The number of benzene rings is 1. The predicted molar refractivity (Wildman–Crippen MR) is 98.4 cm³/mol. The lowest BCUT2D eigenvalue weighted by Crippen LogP contribution is -2.21. The molecule has 1 N–H and O–H groups in total. The monoisotopic (exact) mass is 443 g/mol. The van der Waals surface area contributed by atoms with Crippen LogP contribution < -0.4 is 19.5 Å². The van der Waals surface area contributed by atoms with E-state index in [0.717, 1.165) is 9.33 Å². The van der Waals surface area contributed by atoms with Crippen molar-refractivity contribution in [3.8, 4) is 17.2 Å². The van der Waals surface area contributed by atoms with Crippen molar-refractivity contribution in [1.82, 2.24) is 5.32 Å². The van der Waals surface area contributed by atoms with Crippen LogP contribution >= 0.6 is 22.6 Å². The molecule has 0 saturated carbocycles. The van der Waals surface area contributed by atoms with E-state index >= 15 is 0 Å². The van der Waals surface area contributed by atoms with Gasteiger partial charge in [-0.05, 0) is 40.8 Å². The van der Waals surface area contributed by atoms with Crippen LogP contribution in [0.15, 0.2) is 34.8 Å². The fraction of sp³-hybridized carbons (Fsp3) is 0.235. The van der Waals surface area contributed by atoms with E-state index in [1.165, 1.54) is 6.08 Å². The Labute approximate surface area is 153 Å². The van der Waals surface area contributed by atoms with E-state index in [1.807, 2.05) is 6.07 Å². The quantitative estimate of drug-likeness (QED) is 0.526. The van der Waals surface area contributed by atoms with Crippen LogP contribution in [0.25, 0.3) is 6.08 Å². The number of carbonyl (C=O) groups is 1. The number of carbonyl (C=O) groups excluding carboxylic acids is 1. The molecular weight excluding hydrogens is 425 g/mol. The lowest BCUT2D eigenvalue weighted by atomic mass is 10.1. The molecule has 0 saturated heterocycles. The summed E-state index contributed by atoms with van der Waals surface area (Å²) in [5, 5.41) is 2.79. The lowest BCUT2D eigenvalue weighted by Gasteiger charge is -2.15. The smallest absolute Gasteiger partial charge is 0.244 e. The molecule has 7 heteroatoms. The van der Waals surface area contributed by atoms with Gasteiger partial charge in [0, 0.05) is 18.2 Å². The second-order valence-electron chi connectivity index (χ2n) is 4.70. The molecule has 1 heterocycles. The van der Waals surface area contributed by atoms with Gasteiger partial charge in [0.25, 0.3) is 0 Å². The van der Waals surface area contributed by atoms with Gasteiger partial charge in [0.1, 0.15) is 23.0 Å². The van der Waals surface area contributed by atoms with Gasteiger partial charge in [0.05, 0.1) is 33.4 Å². The van der Waals surface area contributed by atoms with Gasteiger partial charge in [-0.25, -0.2) is 0 Å². The van der Waals surface area contributed by atoms with E-state index in [-0.39, 0.29) is 12.5 Å².